The van der Waals surface area contributed by atoms with E-state index in [0.29, 0.717) is 0 Å². The van der Waals surface area contributed by atoms with Crippen molar-refractivity contribution in [2.24, 2.45) is 0 Å². The molecule has 0 aliphatic rings. The van der Waals surface area contributed by atoms with Gasteiger partial charge in [-0.15, -0.1) is 5.60 Å². The van der Waals surface area contributed by atoms with Gasteiger partial charge in [0.05, 0.1) is 0 Å². The van der Waals surface area contributed by atoms with E-state index < -0.39 is 5.60 Å². The van der Waals surface area contributed by atoms with Crippen LogP contribution in [0.1, 0.15) is 20.8 Å². The Hall–Kier alpha value is 1.60. The van der Waals surface area contributed by atoms with E-state index in [-0.39, 0.29) is 51.4 Å². The van der Waals surface area contributed by atoms with Gasteiger partial charge in [0.1, 0.15) is 0 Å². The molecule has 1 nitrogen and oxygen atoms in total. The van der Waals surface area contributed by atoms with Crippen molar-refractivity contribution in [3.63, 3.8) is 0 Å². The third-order valence-corrected chi connectivity index (χ3v) is 0. The monoisotopic (exact) mass is 76.1 g/mol. The molecule has 0 spiro atoms. The molecule has 0 aliphatic heterocycles. The van der Waals surface area contributed by atoms with Crippen LogP contribution in [-0.2, 0) is 0 Å². The van der Waals surface area contributed by atoms with Gasteiger partial charge in [-0.1, -0.05) is 20.8 Å². The van der Waals surface area contributed by atoms with Crippen LogP contribution in [0.4, 0.5) is 0 Å². The Labute approximate surface area is 81.6 Å². The van der Waals surface area contributed by atoms with Crippen LogP contribution in [0.15, 0.2) is 0 Å². The first-order chi connectivity index (χ1) is 2.00. The molecule has 0 atom stereocenters. The fourth-order valence-electron chi connectivity index (χ4n) is 0. The Morgan fingerprint density at radius 3 is 1.17 bits per heavy atom. The molecule has 32 valence electrons. The topological polar surface area (TPSA) is 23.1 Å². The first kappa shape index (κ1) is 10.6. The Kier molecular flexibility index (Phi) is 6.30. The minimum absolute atomic E-state index is 0. The van der Waals surface area contributed by atoms with E-state index in [1.54, 1.807) is 20.8 Å². The summed E-state index contributed by atoms with van der Waals surface area (Å²) in [5.41, 5.74) is -0.750. The standard InChI is InChI=1S/C4H9O.K/c1-4(2,3)5;/h1-3H3;/q-1;+1/i;1-36. The molecule has 0 radical (unpaired) electrons. The van der Waals surface area contributed by atoms with Crippen LogP contribution in [0, 0.1) is 0 Å². The molecule has 0 N–H and O–H groups in total. The van der Waals surface area contributed by atoms with Crippen LogP contribution in [0.2, 0.25) is 0 Å². The predicted octanol–water partition coefficient (Wildman–Crippen LogP) is -2.85. The smallest absolute Gasteiger partial charge is 0.850 e. The predicted molar refractivity (Wildman–Crippen MR) is 19.8 cm³/mol. The first-order valence-electron chi connectivity index (χ1n) is 1.70. The van der Waals surface area contributed by atoms with Gasteiger partial charge in [0, 0.05) is 0 Å². The molecule has 0 fully saturated rings. The van der Waals surface area contributed by atoms with E-state index in [9.17, 15) is 5.11 Å². The molecule has 0 saturated heterocycles. The van der Waals surface area contributed by atoms with Gasteiger partial charge in [-0.3, -0.25) is 0 Å². The summed E-state index contributed by atoms with van der Waals surface area (Å²) >= 11 is 0. The van der Waals surface area contributed by atoms with Gasteiger partial charge in [-0.05, 0) is 0 Å². The van der Waals surface area contributed by atoms with Gasteiger partial charge in [-0.25, -0.2) is 0 Å². The van der Waals surface area contributed by atoms with Crippen molar-refractivity contribution < 1.29 is 56.5 Å². The van der Waals surface area contributed by atoms with Crippen LogP contribution in [-0.4, -0.2) is 5.60 Å². The second kappa shape index (κ2) is 3.58. The molecule has 0 aromatic carbocycles. The minimum atomic E-state index is -0.750. The van der Waals surface area contributed by atoms with E-state index in [1.165, 1.54) is 0 Å². The Balaban J connectivity index is 0. The maximum atomic E-state index is 10.1. The van der Waals surface area contributed by atoms with E-state index in [4.69, 9.17) is 0 Å². The molecule has 0 aliphatic carbocycles. The maximum Gasteiger partial charge on any atom is 1.00 e. The molecule has 0 unspecified atom stereocenters. The van der Waals surface area contributed by atoms with Crippen molar-refractivity contribution in [2.45, 2.75) is 26.4 Å². The zero-order valence-corrected chi connectivity index (χ0v) is 8.03. The second-order valence-corrected chi connectivity index (χ2v) is 2.11. The van der Waals surface area contributed by atoms with Crippen molar-refractivity contribution in [2.75, 3.05) is 0 Å². The molecular formula is C4H9KO. The van der Waals surface area contributed by atoms with Crippen LogP contribution >= 0.6 is 0 Å². The molecule has 0 saturated carbocycles. The normalized spacial score (nSPS) is 10.0. The molecule has 0 bridgehead atoms. The van der Waals surface area contributed by atoms with Crippen LogP contribution in [0.25, 0.3) is 0 Å². The molecule has 6 heavy (non-hydrogen) atoms. The van der Waals surface area contributed by atoms with E-state index in [2.05, 4.69) is 0 Å². The van der Waals surface area contributed by atoms with E-state index in [0.717, 1.165) is 0 Å². The first-order valence-corrected chi connectivity index (χ1v) is 1.70. The average molecular weight is 76.1 g/mol. The van der Waals surface area contributed by atoms with Crippen LogP contribution in [0.5, 0.6) is 0 Å². The number of rotatable bonds is 0. The van der Waals surface area contributed by atoms with Crippen molar-refractivity contribution >= 4 is 0 Å². The van der Waals surface area contributed by atoms with Crippen molar-refractivity contribution in [3.8, 4) is 0 Å². The van der Waals surface area contributed by atoms with Crippen molar-refractivity contribution in [3.05, 3.63) is 0 Å². The summed E-state index contributed by atoms with van der Waals surface area (Å²) < 4.78 is 0. The molecule has 2 heteroatoms. The van der Waals surface area contributed by atoms with Gasteiger partial charge in [0.25, 0.3) is 0 Å². The molecule has 0 heterocycles. The van der Waals surface area contributed by atoms with Crippen LogP contribution < -0.4 is 56.5 Å². The molecule has 0 amide bonds. The average Bonchev–Trinajstić information content (AvgIpc) is 0.722. The van der Waals surface area contributed by atoms with Gasteiger partial charge < -0.3 is 5.11 Å². The third-order valence-electron chi connectivity index (χ3n) is 0. The Bertz CT molecular complexity index is 23.0. The summed E-state index contributed by atoms with van der Waals surface area (Å²) in [7, 11) is 0. The molecule has 0 aromatic rings. The largest absolute Gasteiger partial charge is 1.00 e. The third kappa shape index (κ3) is 46.4. The van der Waals surface area contributed by atoms with Gasteiger partial charge in [-0.2, -0.15) is 0 Å². The second-order valence-electron chi connectivity index (χ2n) is 2.11. The summed E-state index contributed by atoms with van der Waals surface area (Å²) in [4.78, 5) is 0. The fraction of sp³-hybridized carbons (Fsp3) is 1.00. The Morgan fingerprint density at radius 1 is 1.17 bits per heavy atom. The quantitative estimate of drug-likeness (QED) is 0.285. The van der Waals surface area contributed by atoms with Gasteiger partial charge >= 0.3 is 51.4 Å². The van der Waals surface area contributed by atoms with Crippen LogP contribution in [0.3, 0.4) is 0 Å². The zero-order chi connectivity index (χ0) is 4.50. The SMILES string of the molecule is CC(C)(C)[O-].[3K+]. The zero-order valence-electron chi connectivity index (χ0n) is 4.91. The van der Waals surface area contributed by atoms with E-state index >= 15 is 0 Å². The number of hydrogen-bond donors (Lipinski definition) is 0. The summed E-state index contributed by atoms with van der Waals surface area (Å²) in [5.74, 6) is 0. The Morgan fingerprint density at radius 2 is 1.17 bits per heavy atom. The summed E-state index contributed by atoms with van der Waals surface area (Å²) in [6.07, 6.45) is 0. The summed E-state index contributed by atoms with van der Waals surface area (Å²) in [6.45, 7) is 4.90. The van der Waals surface area contributed by atoms with Gasteiger partial charge in [0.2, 0.25) is 0 Å². The summed E-state index contributed by atoms with van der Waals surface area (Å²) in [5, 5.41) is 10.1. The molecule has 0 rings (SSSR count). The minimum Gasteiger partial charge on any atom is -0.850 e. The summed E-state index contributed by atoms with van der Waals surface area (Å²) in [6, 6.07) is 0. The maximum absolute atomic E-state index is 10.1. The van der Waals surface area contributed by atoms with Crippen molar-refractivity contribution in [1.82, 2.24) is 0 Å². The van der Waals surface area contributed by atoms with Gasteiger partial charge in [0.15, 0.2) is 0 Å². The fourth-order valence-corrected chi connectivity index (χ4v) is 0. The number of hydrogen-bond acceptors (Lipinski definition) is 1. The molecule has 0 aromatic heterocycles. The van der Waals surface area contributed by atoms with E-state index in [1.807, 2.05) is 0 Å². The van der Waals surface area contributed by atoms with Crippen molar-refractivity contribution in [1.29, 1.82) is 0 Å². The molecular weight excluding hydrogens is 67.0 g/mol.